The zero-order valence-electron chi connectivity index (χ0n) is 12.4. The summed E-state index contributed by atoms with van der Waals surface area (Å²) < 4.78 is 37.6. The molecular weight excluding hydrogens is 304 g/mol. The van der Waals surface area contributed by atoms with E-state index < -0.39 is 10.0 Å². The molecule has 0 saturated heterocycles. The summed E-state index contributed by atoms with van der Waals surface area (Å²) in [6.07, 6.45) is 0. The Morgan fingerprint density at radius 3 is 2.41 bits per heavy atom. The number of nitrogen functional groups attached to an aromatic ring is 1. The van der Waals surface area contributed by atoms with Crippen LogP contribution in [0, 0.1) is 0 Å². The molecule has 6 nitrogen and oxygen atoms in total. The minimum absolute atomic E-state index is 0.0763. The molecule has 7 heteroatoms. The van der Waals surface area contributed by atoms with Gasteiger partial charge in [0.05, 0.1) is 24.3 Å². The lowest BCUT2D eigenvalue weighted by atomic mass is 10.3. The summed E-state index contributed by atoms with van der Waals surface area (Å²) in [5, 5.41) is 0. The van der Waals surface area contributed by atoms with Crippen molar-refractivity contribution in [3.8, 4) is 11.5 Å². The first-order chi connectivity index (χ1) is 10.5. The minimum atomic E-state index is -3.71. The molecule has 0 aromatic heterocycles. The molecular formula is C15H18N2O4S. The molecule has 0 amide bonds. The number of rotatable bonds is 6. The molecule has 0 radical (unpaired) electrons. The molecule has 0 spiro atoms. The Kier molecular flexibility index (Phi) is 4.77. The van der Waals surface area contributed by atoms with E-state index >= 15 is 0 Å². The monoisotopic (exact) mass is 322 g/mol. The van der Waals surface area contributed by atoms with Crippen molar-refractivity contribution >= 4 is 21.4 Å². The van der Waals surface area contributed by atoms with E-state index in [1.807, 2.05) is 6.92 Å². The van der Waals surface area contributed by atoms with Crippen molar-refractivity contribution in [1.29, 1.82) is 0 Å². The van der Waals surface area contributed by atoms with Crippen molar-refractivity contribution in [2.24, 2.45) is 0 Å². The Labute approximate surface area is 129 Å². The number of anilines is 2. The van der Waals surface area contributed by atoms with E-state index in [1.165, 1.54) is 25.3 Å². The smallest absolute Gasteiger partial charge is 0.262 e. The fourth-order valence-electron chi connectivity index (χ4n) is 1.86. The molecule has 3 N–H and O–H groups in total. The topological polar surface area (TPSA) is 90.7 Å². The van der Waals surface area contributed by atoms with Crippen LogP contribution in [0.25, 0.3) is 0 Å². The minimum Gasteiger partial charge on any atom is -0.495 e. The molecule has 2 rings (SSSR count). The van der Waals surface area contributed by atoms with Gasteiger partial charge in [-0.3, -0.25) is 4.72 Å². The lowest BCUT2D eigenvalue weighted by molar-refractivity contribution is 0.340. The summed E-state index contributed by atoms with van der Waals surface area (Å²) in [5.74, 6) is 0.995. The third kappa shape index (κ3) is 3.62. The molecule has 22 heavy (non-hydrogen) atoms. The highest BCUT2D eigenvalue weighted by atomic mass is 32.2. The fraction of sp³-hybridized carbons (Fsp3) is 0.200. The normalized spacial score (nSPS) is 11.0. The van der Waals surface area contributed by atoms with Crippen molar-refractivity contribution < 1.29 is 17.9 Å². The number of nitrogens with two attached hydrogens (primary N) is 1. The van der Waals surface area contributed by atoms with Gasteiger partial charge in [0.15, 0.2) is 0 Å². The van der Waals surface area contributed by atoms with Gasteiger partial charge in [-0.25, -0.2) is 8.42 Å². The second kappa shape index (κ2) is 6.57. The van der Waals surface area contributed by atoms with Crippen LogP contribution in [0.5, 0.6) is 11.5 Å². The molecule has 0 aliphatic carbocycles. The van der Waals surface area contributed by atoms with Crippen molar-refractivity contribution in [2.75, 3.05) is 24.2 Å². The van der Waals surface area contributed by atoms with Crippen LogP contribution in [-0.2, 0) is 10.0 Å². The van der Waals surface area contributed by atoms with Gasteiger partial charge in [0.25, 0.3) is 10.0 Å². The Balaban J connectivity index is 2.23. The number of ether oxygens (including phenoxy) is 2. The number of hydrogen-bond donors (Lipinski definition) is 2. The molecule has 2 aromatic carbocycles. The van der Waals surface area contributed by atoms with Gasteiger partial charge in [-0.05, 0) is 43.3 Å². The predicted molar refractivity (Wildman–Crippen MR) is 85.8 cm³/mol. The summed E-state index contributed by atoms with van der Waals surface area (Å²) in [6, 6.07) is 11.0. The molecule has 0 fully saturated rings. The molecule has 0 unspecified atom stereocenters. The maximum absolute atomic E-state index is 12.4. The molecule has 0 atom stereocenters. The Morgan fingerprint density at radius 1 is 1.14 bits per heavy atom. The van der Waals surface area contributed by atoms with E-state index in [9.17, 15) is 8.42 Å². The second-order valence-electron chi connectivity index (χ2n) is 4.47. The third-order valence-electron chi connectivity index (χ3n) is 2.93. The molecule has 118 valence electrons. The average Bonchev–Trinajstić information content (AvgIpc) is 2.49. The molecule has 0 aliphatic heterocycles. The summed E-state index contributed by atoms with van der Waals surface area (Å²) in [5.41, 5.74) is 6.51. The molecule has 0 saturated carbocycles. The Bertz CT molecular complexity index is 743. The summed E-state index contributed by atoms with van der Waals surface area (Å²) >= 11 is 0. The average molecular weight is 322 g/mol. The molecule has 0 heterocycles. The van der Waals surface area contributed by atoms with Crippen LogP contribution in [0.1, 0.15) is 6.92 Å². The van der Waals surface area contributed by atoms with Crippen LogP contribution < -0.4 is 19.9 Å². The van der Waals surface area contributed by atoms with Gasteiger partial charge in [0.1, 0.15) is 11.5 Å². The van der Waals surface area contributed by atoms with Crippen LogP contribution in [0.4, 0.5) is 11.4 Å². The van der Waals surface area contributed by atoms with Gasteiger partial charge in [-0.2, -0.15) is 0 Å². The largest absolute Gasteiger partial charge is 0.495 e. The van der Waals surface area contributed by atoms with Crippen molar-refractivity contribution in [3.63, 3.8) is 0 Å². The zero-order valence-corrected chi connectivity index (χ0v) is 13.2. The van der Waals surface area contributed by atoms with E-state index in [4.69, 9.17) is 15.2 Å². The number of methoxy groups -OCH3 is 1. The molecule has 0 aliphatic rings. The van der Waals surface area contributed by atoms with Crippen LogP contribution in [0.2, 0.25) is 0 Å². The van der Waals surface area contributed by atoms with Gasteiger partial charge in [0, 0.05) is 11.8 Å². The highest BCUT2D eigenvalue weighted by molar-refractivity contribution is 7.92. The highest BCUT2D eigenvalue weighted by Crippen LogP contribution is 2.26. The third-order valence-corrected chi connectivity index (χ3v) is 4.31. The van der Waals surface area contributed by atoms with Crippen LogP contribution in [-0.4, -0.2) is 22.1 Å². The maximum Gasteiger partial charge on any atom is 0.262 e. The van der Waals surface area contributed by atoms with Gasteiger partial charge in [-0.15, -0.1) is 0 Å². The Hall–Kier alpha value is -2.41. The lowest BCUT2D eigenvalue weighted by Gasteiger charge is -2.11. The van der Waals surface area contributed by atoms with Crippen molar-refractivity contribution in [1.82, 2.24) is 0 Å². The number of hydrogen-bond acceptors (Lipinski definition) is 5. The number of sulfonamides is 1. The Morgan fingerprint density at radius 2 is 1.82 bits per heavy atom. The van der Waals surface area contributed by atoms with Crippen LogP contribution >= 0.6 is 0 Å². The van der Waals surface area contributed by atoms with Crippen molar-refractivity contribution in [3.05, 3.63) is 42.5 Å². The van der Waals surface area contributed by atoms with E-state index in [2.05, 4.69) is 4.72 Å². The number of benzene rings is 2. The van der Waals surface area contributed by atoms with Crippen molar-refractivity contribution in [2.45, 2.75) is 11.8 Å². The van der Waals surface area contributed by atoms with Gasteiger partial charge >= 0.3 is 0 Å². The fourth-order valence-corrected chi connectivity index (χ4v) is 2.93. The maximum atomic E-state index is 12.4. The standard InChI is InChI=1S/C15H18N2O4S/c1-3-21-12-6-4-11(5-7-12)17-22(18,19)13-8-9-14(16)15(10-13)20-2/h4-10,17H,3,16H2,1-2H3. The second-order valence-corrected chi connectivity index (χ2v) is 6.15. The SMILES string of the molecule is CCOc1ccc(NS(=O)(=O)c2ccc(N)c(OC)c2)cc1. The first kappa shape index (κ1) is 16.0. The number of nitrogens with one attached hydrogen (secondary N) is 1. The first-order valence-electron chi connectivity index (χ1n) is 6.65. The van der Waals surface area contributed by atoms with Gasteiger partial charge in [0.2, 0.25) is 0 Å². The summed E-state index contributed by atoms with van der Waals surface area (Å²) in [7, 11) is -2.28. The lowest BCUT2D eigenvalue weighted by Crippen LogP contribution is -2.13. The molecule has 0 bridgehead atoms. The summed E-state index contributed by atoms with van der Waals surface area (Å²) in [4.78, 5) is 0.0763. The van der Waals surface area contributed by atoms with Gasteiger partial charge in [-0.1, -0.05) is 0 Å². The van der Waals surface area contributed by atoms with E-state index in [0.29, 0.717) is 29.5 Å². The van der Waals surface area contributed by atoms with Crippen LogP contribution in [0.15, 0.2) is 47.4 Å². The van der Waals surface area contributed by atoms with Crippen LogP contribution in [0.3, 0.4) is 0 Å². The zero-order chi connectivity index (χ0) is 16.2. The summed E-state index contributed by atoms with van der Waals surface area (Å²) in [6.45, 7) is 2.43. The van der Waals surface area contributed by atoms with E-state index in [0.717, 1.165) is 0 Å². The first-order valence-corrected chi connectivity index (χ1v) is 8.14. The van der Waals surface area contributed by atoms with E-state index in [-0.39, 0.29) is 4.90 Å². The van der Waals surface area contributed by atoms with Gasteiger partial charge < -0.3 is 15.2 Å². The predicted octanol–water partition coefficient (Wildman–Crippen LogP) is 2.48. The highest BCUT2D eigenvalue weighted by Gasteiger charge is 2.16. The quantitative estimate of drug-likeness (QED) is 0.797. The molecule has 2 aromatic rings. The van der Waals surface area contributed by atoms with E-state index in [1.54, 1.807) is 24.3 Å².